The van der Waals surface area contributed by atoms with Gasteiger partial charge >= 0.3 is 6.18 Å². The van der Waals surface area contributed by atoms with Crippen LogP contribution in [0.4, 0.5) is 18.9 Å². The van der Waals surface area contributed by atoms with Gasteiger partial charge in [0.25, 0.3) is 5.78 Å². The minimum absolute atomic E-state index is 0.227. The van der Waals surface area contributed by atoms with Crippen LogP contribution in [0, 0.1) is 0 Å². The fourth-order valence-electron chi connectivity index (χ4n) is 2.21. The Balaban J connectivity index is 2.12. The maximum absolute atomic E-state index is 12.6. The van der Waals surface area contributed by atoms with Crippen LogP contribution in [-0.4, -0.2) is 23.9 Å². The third kappa shape index (κ3) is 6.90. The molecule has 0 spiro atoms. The number of anilines is 1. The van der Waals surface area contributed by atoms with Gasteiger partial charge in [0.2, 0.25) is 5.91 Å². The monoisotopic (exact) mass is 440 g/mol. The SMILES string of the molecule is O=C(Nc1cccc(Br)c1)C(Cc1ccccc1)N/C=C/C(=O)C(F)(F)F. The van der Waals surface area contributed by atoms with Gasteiger partial charge in [0.05, 0.1) is 0 Å². The summed E-state index contributed by atoms with van der Waals surface area (Å²) in [7, 11) is 0. The Morgan fingerprint density at radius 3 is 2.41 bits per heavy atom. The fraction of sp³-hybridized carbons (Fsp3) is 0.158. The average Bonchev–Trinajstić information content (AvgIpc) is 2.60. The zero-order chi connectivity index (χ0) is 19.9. The second-order valence-corrected chi connectivity index (χ2v) is 6.52. The van der Waals surface area contributed by atoms with E-state index in [-0.39, 0.29) is 6.42 Å². The van der Waals surface area contributed by atoms with Gasteiger partial charge in [0, 0.05) is 28.9 Å². The Labute approximate surface area is 162 Å². The maximum atomic E-state index is 12.6. The van der Waals surface area contributed by atoms with Gasteiger partial charge in [-0.2, -0.15) is 13.2 Å². The molecule has 0 bridgehead atoms. The summed E-state index contributed by atoms with van der Waals surface area (Å²) >= 11 is 3.30. The highest BCUT2D eigenvalue weighted by molar-refractivity contribution is 9.10. The van der Waals surface area contributed by atoms with Gasteiger partial charge in [-0.25, -0.2) is 0 Å². The van der Waals surface area contributed by atoms with E-state index in [9.17, 15) is 22.8 Å². The molecule has 2 aromatic carbocycles. The second-order valence-electron chi connectivity index (χ2n) is 5.60. The summed E-state index contributed by atoms with van der Waals surface area (Å²) in [4.78, 5) is 23.5. The van der Waals surface area contributed by atoms with Gasteiger partial charge in [-0.1, -0.05) is 52.3 Å². The van der Waals surface area contributed by atoms with E-state index in [1.165, 1.54) is 0 Å². The van der Waals surface area contributed by atoms with E-state index in [4.69, 9.17) is 0 Å². The van der Waals surface area contributed by atoms with Crippen molar-refractivity contribution in [3.8, 4) is 0 Å². The number of amides is 1. The van der Waals surface area contributed by atoms with Crippen molar-refractivity contribution in [2.24, 2.45) is 0 Å². The highest BCUT2D eigenvalue weighted by Crippen LogP contribution is 2.17. The van der Waals surface area contributed by atoms with E-state index >= 15 is 0 Å². The van der Waals surface area contributed by atoms with Crippen molar-refractivity contribution in [3.63, 3.8) is 0 Å². The van der Waals surface area contributed by atoms with Crippen LogP contribution in [0.3, 0.4) is 0 Å². The van der Waals surface area contributed by atoms with Crippen molar-refractivity contribution >= 4 is 33.3 Å². The number of benzene rings is 2. The summed E-state index contributed by atoms with van der Waals surface area (Å²) in [5.74, 6) is -2.44. The topological polar surface area (TPSA) is 58.2 Å². The molecule has 2 rings (SSSR count). The molecule has 0 saturated heterocycles. The van der Waals surface area contributed by atoms with Crippen LogP contribution >= 0.6 is 15.9 Å². The minimum Gasteiger partial charge on any atom is -0.379 e. The lowest BCUT2D eigenvalue weighted by molar-refractivity contribution is -0.165. The van der Waals surface area contributed by atoms with E-state index in [0.29, 0.717) is 11.8 Å². The molecule has 0 radical (unpaired) electrons. The van der Waals surface area contributed by atoms with Gasteiger partial charge in [0.1, 0.15) is 6.04 Å². The van der Waals surface area contributed by atoms with Crippen LogP contribution in [0.5, 0.6) is 0 Å². The quantitative estimate of drug-likeness (QED) is 0.633. The lowest BCUT2D eigenvalue weighted by atomic mass is 10.1. The van der Waals surface area contributed by atoms with Crippen LogP contribution in [-0.2, 0) is 16.0 Å². The molecule has 1 unspecified atom stereocenters. The first kappa shape index (κ1) is 20.7. The van der Waals surface area contributed by atoms with E-state index in [0.717, 1.165) is 16.2 Å². The van der Waals surface area contributed by atoms with Crippen molar-refractivity contribution in [2.45, 2.75) is 18.6 Å². The van der Waals surface area contributed by atoms with Crippen LogP contribution in [0.25, 0.3) is 0 Å². The fourth-order valence-corrected chi connectivity index (χ4v) is 2.61. The molecule has 2 N–H and O–H groups in total. The third-order valence-electron chi connectivity index (χ3n) is 3.50. The van der Waals surface area contributed by atoms with Crippen molar-refractivity contribution in [1.29, 1.82) is 0 Å². The van der Waals surface area contributed by atoms with Crippen molar-refractivity contribution in [3.05, 3.63) is 76.9 Å². The Morgan fingerprint density at radius 2 is 1.78 bits per heavy atom. The first-order valence-electron chi connectivity index (χ1n) is 7.90. The highest BCUT2D eigenvalue weighted by atomic mass is 79.9. The normalized spacial score (nSPS) is 12.6. The summed E-state index contributed by atoms with van der Waals surface area (Å²) < 4.78 is 37.6. The van der Waals surface area contributed by atoms with E-state index in [2.05, 4.69) is 26.6 Å². The van der Waals surface area contributed by atoms with Gasteiger partial charge in [-0.15, -0.1) is 0 Å². The summed E-state index contributed by atoms with van der Waals surface area (Å²) in [6.07, 6.45) is -3.51. The number of hydrogen-bond donors (Lipinski definition) is 2. The molecule has 0 heterocycles. The molecule has 4 nitrogen and oxygen atoms in total. The smallest absolute Gasteiger partial charge is 0.379 e. The predicted molar refractivity (Wildman–Crippen MR) is 100 cm³/mol. The lowest BCUT2D eigenvalue weighted by Crippen LogP contribution is -2.39. The van der Waals surface area contributed by atoms with Crippen LogP contribution in [0.15, 0.2) is 71.3 Å². The van der Waals surface area contributed by atoms with Gasteiger partial charge in [-0.3, -0.25) is 9.59 Å². The predicted octanol–water partition coefficient (Wildman–Crippen LogP) is 4.23. The maximum Gasteiger partial charge on any atom is 0.454 e. The Morgan fingerprint density at radius 1 is 1.07 bits per heavy atom. The standard InChI is InChI=1S/C19H16BrF3N2O2/c20-14-7-4-8-15(12-14)25-18(27)16(11-13-5-2-1-3-6-13)24-10-9-17(26)19(21,22)23/h1-10,12,16,24H,11H2,(H,25,27)/b10-9+. The third-order valence-corrected chi connectivity index (χ3v) is 4.00. The number of ketones is 1. The molecule has 0 aromatic heterocycles. The molecule has 0 saturated carbocycles. The zero-order valence-corrected chi connectivity index (χ0v) is 15.5. The number of allylic oxidation sites excluding steroid dienone is 1. The number of rotatable bonds is 7. The molecular weight excluding hydrogens is 425 g/mol. The Kier molecular flexibility index (Phi) is 7.18. The molecule has 142 valence electrons. The van der Waals surface area contributed by atoms with E-state index < -0.39 is 23.9 Å². The summed E-state index contributed by atoms with van der Waals surface area (Å²) in [5, 5.41) is 5.28. The molecule has 0 aliphatic rings. The van der Waals surface area contributed by atoms with Crippen LogP contribution < -0.4 is 10.6 Å². The second kappa shape index (κ2) is 9.36. The molecule has 1 amide bonds. The lowest BCUT2D eigenvalue weighted by Gasteiger charge is -2.17. The number of halogens is 4. The molecule has 0 fully saturated rings. The Hall–Kier alpha value is -2.61. The van der Waals surface area contributed by atoms with Crippen molar-refractivity contribution in [1.82, 2.24) is 5.32 Å². The molecule has 2 aromatic rings. The summed E-state index contributed by atoms with van der Waals surface area (Å²) in [6, 6.07) is 15.0. The van der Waals surface area contributed by atoms with Gasteiger partial charge in [-0.05, 0) is 23.8 Å². The molecule has 1 atom stereocenters. The van der Waals surface area contributed by atoms with E-state index in [1.54, 1.807) is 48.5 Å². The van der Waals surface area contributed by atoms with Gasteiger partial charge < -0.3 is 10.6 Å². The summed E-state index contributed by atoms with van der Waals surface area (Å²) in [5.41, 5.74) is 1.35. The number of carbonyl (C=O) groups excluding carboxylic acids is 2. The average molecular weight is 441 g/mol. The van der Waals surface area contributed by atoms with Crippen molar-refractivity contribution in [2.75, 3.05) is 5.32 Å². The minimum atomic E-state index is -4.95. The largest absolute Gasteiger partial charge is 0.454 e. The number of hydrogen-bond acceptors (Lipinski definition) is 3. The zero-order valence-electron chi connectivity index (χ0n) is 14.0. The molecule has 8 heteroatoms. The highest BCUT2D eigenvalue weighted by Gasteiger charge is 2.36. The van der Waals surface area contributed by atoms with Crippen LogP contribution in [0.2, 0.25) is 0 Å². The molecule has 0 aliphatic carbocycles. The van der Waals surface area contributed by atoms with Crippen molar-refractivity contribution < 1.29 is 22.8 Å². The molecule has 0 aliphatic heterocycles. The summed E-state index contributed by atoms with van der Waals surface area (Å²) in [6.45, 7) is 0. The number of carbonyl (C=O) groups is 2. The van der Waals surface area contributed by atoms with Crippen LogP contribution in [0.1, 0.15) is 5.56 Å². The molecular formula is C19H16BrF3N2O2. The number of nitrogens with one attached hydrogen (secondary N) is 2. The molecule has 27 heavy (non-hydrogen) atoms. The van der Waals surface area contributed by atoms with E-state index in [1.807, 2.05) is 6.07 Å². The van der Waals surface area contributed by atoms with Gasteiger partial charge in [0.15, 0.2) is 0 Å². The first-order valence-corrected chi connectivity index (χ1v) is 8.69. The Bertz CT molecular complexity index is 823. The first-order chi connectivity index (χ1) is 12.8. The number of alkyl halides is 3.